The number of hydrogen-bond donors (Lipinski definition) is 2. The fourth-order valence-electron chi connectivity index (χ4n) is 1.94. The van der Waals surface area contributed by atoms with Gasteiger partial charge in [0.1, 0.15) is 0 Å². The molecule has 0 aromatic rings. The van der Waals surface area contributed by atoms with E-state index in [2.05, 4.69) is 6.92 Å². The van der Waals surface area contributed by atoms with Crippen LogP contribution in [0.25, 0.3) is 0 Å². The Morgan fingerprint density at radius 2 is 2.25 bits per heavy atom. The van der Waals surface area contributed by atoms with Gasteiger partial charge in [0, 0.05) is 6.04 Å². The minimum atomic E-state index is -0.655. The summed E-state index contributed by atoms with van der Waals surface area (Å²) in [5.41, 5.74) is 5.14. The molecule has 1 aliphatic rings. The molecule has 0 spiro atoms. The molecule has 0 atom stereocenters. The largest absolute Gasteiger partial charge is 0.481 e. The molecule has 3 nitrogen and oxygen atoms in total. The summed E-state index contributed by atoms with van der Waals surface area (Å²) in [6.07, 6.45) is 4.19. The lowest BCUT2D eigenvalue weighted by Gasteiger charge is -2.42. The molecule has 12 heavy (non-hydrogen) atoms. The zero-order chi connectivity index (χ0) is 9.19. The molecular formula is C9H17NO2. The Hall–Kier alpha value is -0.570. The monoisotopic (exact) mass is 171 g/mol. The van der Waals surface area contributed by atoms with Crippen LogP contribution in [0, 0.1) is 5.41 Å². The second-order valence-electron chi connectivity index (χ2n) is 3.86. The molecule has 0 radical (unpaired) electrons. The van der Waals surface area contributed by atoms with Crippen molar-refractivity contribution < 1.29 is 9.90 Å². The van der Waals surface area contributed by atoms with Crippen LogP contribution < -0.4 is 5.73 Å². The third-order valence-corrected chi connectivity index (χ3v) is 2.77. The number of carbonyl (C=O) groups is 1. The standard InChI is InChI=1S/C9H17NO2/c1-2-3-4-9(8(11)12)5-7(10)6-9/h7H,2-6,10H2,1H3,(H,11,12). The summed E-state index contributed by atoms with van der Waals surface area (Å²) in [4.78, 5) is 10.9. The van der Waals surface area contributed by atoms with Crippen molar-refractivity contribution in [3.05, 3.63) is 0 Å². The molecule has 3 N–H and O–H groups in total. The zero-order valence-corrected chi connectivity index (χ0v) is 7.55. The molecule has 0 aliphatic heterocycles. The van der Waals surface area contributed by atoms with Gasteiger partial charge in [-0.25, -0.2) is 0 Å². The van der Waals surface area contributed by atoms with E-state index in [4.69, 9.17) is 10.8 Å². The van der Waals surface area contributed by atoms with Gasteiger partial charge in [0.25, 0.3) is 0 Å². The maximum Gasteiger partial charge on any atom is 0.309 e. The first kappa shape index (κ1) is 9.52. The Balaban J connectivity index is 2.45. The van der Waals surface area contributed by atoms with Crippen LogP contribution in [0.4, 0.5) is 0 Å². The van der Waals surface area contributed by atoms with E-state index in [0.717, 1.165) is 19.3 Å². The smallest absolute Gasteiger partial charge is 0.309 e. The second kappa shape index (κ2) is 3.44. The zero-order valence-electron chi connectivity index (χ0n) is 7.55. The fraction of sp³-hybridized carbons (Fsp3) is 0.889. The first-order valence-corrected chi connectivity index (χ1v) is 4.60. The minimum Gasteiger partial charge on any atom is -0.481 e. The van der Waals surface area contributed by atoms with Gasteiger partial charge in [-0.15, -0.1) is 0 Å². The highest BCUT2D eigenvalue weighted by Crippen LogP contribution is 2.44. The Labute approximate surface area is 72.9 Å². The molecule has 0 amide bonds. The van der Waals surface area contributed by atoms with E-state index in [1.165, 1.54) is 0 Å². The molecule has 0 heterocycles. The van der Waals surface area contributed by atoms with E-state index >= 15 is 0 Å². The Kier molecular flexibility index (Phi) is 2.73. The van der Waals surface area contributed by atoms with E-state index in [0.29, 0.717) is 12.8 Å². The molecule has 0 aromatic heterocycles. The average Bonchev–Trinajstić information content (AvgIpc) is 1.95. The SMILES string of the molecule is CCCCC1(C(=O)O)CC(N)C1. The van der Waals surface area contributed by atoms with Gasteiger partial charge in [-0.2, -0.15) is 0 Å². The Morgan fingerprint density at radius 3 is 2.58 bits per heavy atom. The number of nitrogens with two attached hydrogens (primary N) is 1. The number of unbranched alkanes of at least 4 members (excludes halogenated alkanes) is 1. The maximum atomic E-state index is 10.9. The van der Waals surface area contributed by atoms with Gasteiger partial charge in [-0.05, 0) is 19.3 Å². The van der Waals surface area contributed by atoms with Crippen molar-refractivity contribution >= 4 is 5.97 Å². The van der Waals surface area contributed by atoms with Crippen molar-refractivity contribution in [3.8, 4) is 0 Å². The minimum absolute atomic E-state index is 0.123. The van der Waals surface area contributed by atoms with Crippen LogP contribution >= 0.6 is 0 Å². The van der Waals surface area contributed by atoms with Crippen LogP contribution in [0.2, 0.25) is 0 Å². The Bertz CT molecular complexity index is 173. The van der Waals surface area contributed by atoms with E-state index in [-0.39, 0.29) is 6.04 Å². The van der Waals surface area contributed by atoms with Crippen molar-refractivity contribution in [2.75, 3.05) is 0 Å². The predicted molar refractivity (Wildman–Crippen MR) is 46.8 cm³/mol. The molecule has 1 rings (SSSR count). The lowest BCUT2D eigenvalue weighted by Crippen LogP contribution is -2.50. The fourth-order valence-corrected chi connectivity index (χ4v) is 1.94. The quantitative estimate of drug-likeness (QED) is 0.671. The first-order chi connectivity index (χ1) is 5.60. The number of aliphatic carboxylic acids is 1. The highest BCUT2D eigenvalue weighted by molar-refractivity contribution is 5.76. The lowest BCUT2D eigenvalue weighted by molar-refractivity contribution is -0.156. The first-order valence-electron chi connectivity index (χ1n) is 4.60. The van der Waals surface area contributed by atoms with Gasteiger partial charge in [-0.3, -0.25) is 4.79 Å². The number of rotatable bonds is 4. The van der Waals surface area contributed by atoms with Crippen LogP contribution in [-0.4, -0.2) is 17.1 Å². The summed E-state index contributed by atoms with van der Waals surface area (Å²) >= 11 is 0. The number of carboxylic acids is 1. The Morgan fingerprint density at radius 1 is 1.67 bits per heavy atom. The molecule has 1 fully saturated rings. The summed E-state index contributed by atoms with van der Waals surface area (Å²) in [5.74, 6) is -0.655. The van der Waals surface area contributed by atoms with Crippen molar-refractivity contribution in [2.24, 2.45) is 11.1 Å². The van der Waals surface area contributed by atoms with Gasteiger partial charge in [0.2, 0.25) is 0 Å². The average molecular weight is 171 g/mol. The molecule has 1 saturated carbocycles. The number of hydrogen-bond acceptors (Lipinski definition) is 2. The van der Waals surface area contributed by atoms with Crippen molar-refractivity contribution in [1.82, 2.24) is 0 Å². The van der Waals surface area contributed by atoms with Gasteiger partial charge in [0.05, 0.1) is 5.41 Å². The van der Waals surface area contributed by atoms with E-state index in [1.54, 1.807) is 0 Å². The van der Waals surface area contributed by atoms with E-state index < -0.39 is 11.4 Å². The maximum absolute atomic E-state index is 10.9. The van der Waals surface area contributed by atoms with Crippen LogP contribution in [0.5, 0.6) is 0 Å². The summed E-state index contributed by atoms with van der Waals surface area (Å²) in [6, 6.07) is 0.123. The van der Waals surface area contributed by atoms with Gasteiger partial charge < -0.3 is 10.8 Å². The summed E-state index contributed by atoms with van der Waals surface area (Å²) in [7, 11) is 0. The van der Waals surface area contributed by atoms with E-state index in [1.807, 2.05) is 0 Å². The summed E-state index contributed by atoms with van der Waals surface area (Å²) in [6.45, 7) is 2.08. The molecule has 1 aliphatic carbocycles. The van der Waals surface area contributed by atoms with Crippen LogP contribution in [0.1, 0.15) is 39.0 Å². The molecule has 0 unspecified atom stereocenters. The second-order valence-corrected chi connectivity index (χ2v) is 3.86. The molecular weight excluding hydrogens is 154 g/mol. The normalized spacial score (nSPS) is 34.3. The van der Waals surface area contributed by atoms with Crippen molar-refractivity contribution in [1.29, 1.82) is 0 Å². The number of carboxylic acid groups (broad SMARTS) is 1. The summed E-state index contributed by atoms with van der Waals surface area (Å²) < 4.78 is 0. The van der Waals surface area contributed by atoms with Crippen LogP contribution in [-0.2, 0) is 4.79 Å². The van der Waals surface area contributed by atoms with Crippen LogP contribution in [0.3, 0.4) is 0 Å². The summed E-state index contributed by atoms with van der Waals surface area (Å²) in [5, 5.41) is 8.97. The molecule has 70 valence electrons. The third kappa shape index (κ3) is 1.61. The van der Waals surface area contributed by atoms with E-state index in [9.17, 15) is 4.79 Å². The highest BCUT2D eigenvalue weighted by Gasteiger charge is 2.48. The van der Waals surface area contributed by atoms with Crippen molar-refractivity contribution in [2.45, 2.75) is 45.1 Å². The molecule has 0 aromatic carbocycles. The van der Waals surface area contributed by atoms with Gasteiger partial charge >= 0.3 is 5.97 Å². The third-order valence-electron chi connectivity index (χ3n) is 2.77. The molecule has 0 bridgehead atoms. The van der Waals surface area contributed by atoms with Crippen LogP contribution in [0.15, 0.2) is 0 Å². The lowest BCUT2D eigenvalue weighted by atomic mass is 9.63. The predicted octanol–water partition coefficient (Wildman–Crippen LogP) is 1.37. The van der Waals surface area contributed by atoms with Gasteiger partial charge in [-0.1, -0.05) is 19.8 Å². The highest BCUT2D eigenvalue weighted by atomic mass is 16.4. The topological polar surface area (TPSA) is 63.3 Å². The van der Waals surface area contributed by atoms with Crippen molar-refractivity contribution in [3.63, 3.8) is 0 Å². The van der Waals surface area contributed by atoms with Gasteiger partial charge in [0.15, 0.2) is 0 Å². The molecule has 0 saturated heterocycles. The molecule has 3 heteroatoms.